The molecule has 2 aromatic rings. The molecule has 0 spiro atoms. The van der Waals surface area contributed by atoms with Crippen LogP contribution in [0.25, 0.3) is 0 Å². The van der Waals surface area contributed by atoms with Gasteiger partial charge >= 0.3 is 5.97 Å². The Kier molecular flexibility index (Phi) is 8.01. The van der Waals surface area contributed by atoms with Crippen LogP contribution in [0.4, 0.5) is 0 Å². The Hall–Kier alpha value is -1.98. The number of carbonyl (C=O) groups is 2. The van der Waals surface area contributed by atoms with E-state index < -0.39 is 6.04 Å². The van der Waals surface area contributed by atoms with E-state index in [1.807, 2.05) is 6.92 Å². The molecule has 0 heterocycles. The van der Waals surface area contributed by atoms with Crippen molar-refractivity contribution in [3.63, 3.8) is 0 Å². The lowest BCUT2D eigenvalue weighted by Gasteiger charge is -2.18. The molecule has 0 aromatic heterocycles. The fourth-order valence-corrected chi connectivity index (χ4v) is 3.30. The molecule has 2 rings (SSSR count). The van der Waals surface area contributed by atoms with E-state index in [1.54, 1.807) is 24.3 Å². The van der Waals surface area contributed by atoms with Crippen LogP contribution < -0.4 is 5.32 Å². The fraction of sp³-hybridized carbons (Fsp3) is 0.300. The number of thioether (sulfide) groups is 1. The molecular formula is C20H22ClNO3S. The zero-order valence-electron chi connectivity index (χ0n) is 14.8. The average Bonchev–Trinajstić information content (AvgIpc) is 2.63. The Labute approximate surface area is 163 Å². The maximum absolute atomic E-state index is 12.3. The molecule has 0 aliphatic carbocycles. The van der Waals surface area contributed by atoms with Crippen molar-refractivity contribution in [2.45, 2.75) is 25.1 Å². The summed E-state index contributed by atoms with van der Waals surface area (Å²) in [4.78, 5) is 24.0. The topological polar surface area (TPSA) is 55.4 Å². The molecule has 0 radical (unpaired) electrons. The molecule has 26 heavy (non-hydrogen) atoms. The molecule has 0 aliphatic rings. The summed E-state index contributed by atoms with van der Waals surface area (Å²) in [6, 6.07) is 14.9. The third-order valence-electron chi connectivity index (χ3n) is 3.83. The first-order chi connectivity index (χ1) is 12.5. The molecule has 138 valence electrons. The molecular weight excluding hydrogens is 370 g/mol. The Morgan fingerprint density at radius 3 is 2.38 bits per heavy atom. The van der Waals surface area contributed by atoms with Crippen LogP contribution in [0.5, 0.6) is 0 Å². The van der Waals surface area contributed by atoms with E-state index in [1.165, 1.54) is 30.0 Å². The van der Waals surface area contributed by atoms with Crippen LogP contribution in [0.1, 0.15) is 29.2 Å². The normalized spacial score (nSPS) is 11.7. The number of nitrogens with one attached hydrogen (secondary N) is 1. The van der Waals surface area contributed by atoms with Gasteiger partial charge in [0.25, 0.3) is 0 Å². The second-order valence-corrected chi connectivity index (χ2v) is 7.35. The van der Waals surface area contributed by atoms with Crippen LogP contribution in [0.15, 0.2) is 48.5 Å². The highest BCUT2D eigenvalue weighted by atomic mass is 35.5. The molecule has 0 bridgehead atoms. The first kappa shape index (κ1) is 20.3. The average molecular weight is 392 g/mol. The third kappa shape index (κ3) is 6.73. The highest BCUT2D eigenvalue weighted by Crippen LogP contribution is 2.21. The smallest absolute Gasteiger partial charge is 0.307 e. The van der Waals surface area contributed by atoms with Crippen molar-refractivity contribution < 1.29 is 14.3 Å². The van der Waals surface area contributed by atoms with E-state index in [4.69, 9.17) is 16.3 Å². The van der Waals surface area contributed by atoms with Crippen LogP contribution in [0.3, 0.4) is 0 Å². The maximum Gasteiger partial charge on any atom is 0.307 e. The van der Waals surface area contributed by atoms with Gasteiger partial charge in [0.05, 0.1) is 25.3 Å². The van der Waals surface area contributed by atoms with Crippen molar-refractivity contribution in [1.82, 2.24) is 5.32 Å². The Balaban J connectivity index is 1.91. The lowest BCUT2D eigenvalue weighted by Crippen LogP contribution is -2.31. The van der Waals surface area contributed by atoms with Crippen molar-refractivity contribution in [3.8, 4) is 0 Å². The van der Waals surface area contributed by atoms with Crippen LogP contribution >= 0.6 is 23.4 Å². The zero-order chi connectivity index (χ0) is 18.9. The van der Waals surface area contributed by atoms with Gasteiger partial charge in [0.15, 0.2) is 0 Å². The first-order valence-electron chi connectivity index (χ1n) is 8.23. The highest BCUT2D eigenvalue weighted by molar-refractivity contribution is 7.99. The van der Waals surface area contributed by atoms with E-state index in [9.17, 15) is 9.59 Å². The largest absolute Gasteiger partial charge is 0.469 e. The van der Waals surface area contributed by atoms with Crippen molar-refractivity contribution in [2.75, 3.05) is 12.9 Å². The Bertz CT molecular complexity index is 732. The zero-order valence-corrected chi connectivity index (χ0v) is 16.4. The molecule has 2 aromatic carbocycles. The monoisotopic (exact) mass is 391 g/mol. The number of rotatable bonds is 8. The fourth-order valence-electron chi connectivity index (χ4n) is 2.38. The number of hydrogen-bond acceptors (Lipinski definition) is 4. The first-order valence-corrected chi connectivity index (χ1v) is 9.76. The summed E-state index contributed by atoms with van der Waals surface area (Å²) in [7, 11) is 1.33. The molecule has 1 unspecified atom stereocenters. The number of halogens is 1. The minimum absolute atomic E-state index is 0.0759. The number of esters is 1. The predicted octanol–water partition coefficient (Wildman–Crippen LogP) is 4.30. The second kappa shape index (κ2) is 10.2. The van der Waals surface area contributed by atoms with Crippen LogP contribution in [0, 0.1) is 6.92 Å². The van der Waals surface area contributed by atoms with E-state index in [0.29, 0.717) is 10.8 Å². The summed E-state index contributed by atoms with van der Waals surface area (Å²) < 4.78 is 4.73. The van der Waals surface area contributed by atoms with Gasteiger partial charge in [-0.05, 0) is 30.2 Å². The summed E-state index contributed by atoms with van der Waals surface area (Å²) >= 11 is 7.44. The molecule has 1 atom stereocenters. The van der Waals surface area contributed by atoms with Crippen LogP contribution in [-0.2, 0) is 20.1 Å². The Morgan fingerprint density at radius 1 is 1.12 bits per heavy atom. The number of ether oxygens (including phenoxy) is 1. The molecule has 4 nitrogen and oxygen atoms in total. The maximum atomic E-state index is 12.3. The SMILES string of the molecule is COC(=O)CC(NC(=O)CSCc1ccc(C)cc1)c1ccc(Cl)cc1. The highest BCUT2D eigenvalue weighted by Gasteiger charge is 2.19. The third-order valence-corrected chi connectivity index (χ3v) is 5.08. The van der Waals surface area contributed by atoms with Crippen molar-refractivity contribution >= 4 is 35.2 Å². The quantitative estimate of drug-likeness (QED) is 0.681. The Morgan fingerprint density at radius 2 is 1.77 bits per heavy atom. The van der Waals surface area contributed by atoms with E-state index in [0.717, 1.165) is 11.3 Å². The van der Waals surface area contributed by atoms with Gasteiger partial charge in [0, 0.05) is 10.8 Å². The standard InChI is InChI=1S/C20H22ClNO3S/c1-14-3-5-15(6-4-14)12-26-13-19(23)22-18(11-20(24)25-2)16-7-9-17(21)10-8-16/h3-10,18H,11-13H2,1-2H3,(H,22,23). The number of amides is 1. The number of hydrogen-bond donors (Lipinski definition) is 1. The number of benzene rings is 2. The van der Waals surface area contributed by atoms with E-state index in [-0.39, 0.29) is 18.3 Å². The lowest BCUT2D eigenvalue weighted by atomic mass is 10.0. The van der Waals surface area contributed by atoms with Crippen LogP contribution in [0.2, 0.25) is 5.02 Å². The summed E-state index contributed by atoms with van der Waals surface area (Å²) in [5.41, 5.74) is 3.21. The van der Waals surface area contributed by atoms with Gasteiger partial charge in [-0.25, -0.2) is 0 Å². The summed E-state index contributed by atoms with van der Waals surface area (Å²) in [5, 5.41) is 3.51. The van der Waals surface area contributed by atoms with Gasteiger partial charge in [0.1, 0.15) is 0 Å². The van der Waals surface area contributed by atoms with Gasteiger partial charge in [-0.15, -0.1) is 11.8 Å². The summed E-state index contributed by atoms with van der Waals surface area (Å²) in [5.74, 6) is 0.582. The van der Waals surface area contributed by atoms with Gasteiger partial charge in [-0.3, -0.25) is 9.59 Å². The van der Waals surface area contributed by atoms with Crippen molar-refractivity contribution in [2.24, 2.45) is 0 Å². The van der Waals surface area contributed by atoms with E-state index in [2.05, 4.69) is 29.6 Å². The van der Waals surface area contributed by atoms with Gasteiger partial charge in [-0.2, -0.15) is 0 Å². The number of carbonyl (C=O) groups excluding carboxylic acids is 2. The van der Waals surface area contributed by atoms with Crippen LogP contribution in [-0.4, -0.2) is 24.7 Å². The summed E-state index contributed by atoms with van der Waals surface area (Å²) in [6.45, 7) is 2.04. The molecule has 0 aliphatic heterocycles. The van der Waals surface area contributed by atoms with Gasteiger partial charge in [0.2, 0.25) is 5.91 Å². The molecule has 1 N–H and O–H groups in total. The van der Waals surface area contributed by atoms with Crippen molar-refractivity contribution in [3.05, 3.63) is 70.2 Å². The van der Waals surface area contributed by atoms with E-state index >= 15 is 0 Å². The lowest BCUT2D eigenvalue weighted by molar-refractivity contribution is -0.141. The van der Waals surface area contributed by atoms with Gasteiger partial charge in [-0.1, -0.05) is 53.6 Å². The minimum atomic E-state index is -0.438. The molecule has 0 saturated carbocycles. The number of aryl methyl sites for hydroxylation is 1. The molecule has 0 saturated heterocycles. The van der Waals surface area contributed by atoms with Crippen molar-refractivity contribution in [1.29, 1.82) is 0 Å². The molecule has 0 fully saturated rings. The molecule has 1 amide bonds. The molecule has 6 heteroatoms. The second-order valence-electron chi connectivity index (χ2n) is 5.93. The number of methoxy groups -OCH3 is 1. The summed E-state index contributed by atoms with van der Waals surface area (Å²) in [6.07, 6.45) is 0.0759. The predicted molar refractivity (Wildman–Crippen MR) is 106 cm³/mol. The van der Waals surface area contributed by atoms with Gasteiger partial charge < -0.3 is 10.1 Å². The minimum Gasteiger partial charge on any atom is -0.469 e.